The van der Waals surface area contributed by atoms with Crippen molar-refractivity contribution in [2.75, 3.05) is 19.5 Å². The van der Waals surface area contributed by atoms with Crippen molar-refractivity contribution in [1.29, 1.82) is 0 Å². The summed E-state index contributed by atoms with van der Waals surface area (Å²) in [5, 5.41) is 8.52. The maximum Gasteiger partial charge on any atom is 0.231 e. The maximum atomic E-state index is 12.1. The Kier molecular flexibility index (Phi) is 6.96. The van der Waals surface area contributed by atoms with Crippen molar-refractivity contribution in [2.45, 2.75) is 6.42 Å². The lowest BCUT2D eigenvalue weighted by Crippen LogP contribution is -2.34. The second-order valence-corrected chi connectivity index (χ2v) is 8.23. The molecule has 0 radical (unpaired) electrons. The van der Waals surface area contributed by atoms with Crippen LogP contribution in [0.4, 0.5) is 5.69 Å². The summed E-state index contributed by atoms with van der Waals surface area (Å²) in [6, 6.07) is 14.5. The number of nitrogens with one attached hydrogen (secondary N) is 2. The number of ether oxygens (including phenoxy) is 3. The van der Waals surface area contributed by atoms with Gasteiger partial charge in [0.2, 0.25) is 11.8 Å². The molecule has 2 heterocycles. The molecular formula is C23H20N4O4S2. The molecule has 8 nitrogen and oxygen atoms in total. The molecule has 0 unspecified atom stereocenters. The number of thiophene rings is 1. The average Bonchev–Trinajstić information content (AvgIpc) is 3.32. The number of nitrogens with zero attached hydrogens (tertiary/aromatic N) is 2. The fraction of sp³-hybridized carbons (Fsp3) is 0.130. The van der Waals surface area contributed by atoms with Crippen molar-refractivity contribution in [1.82, 2.24) is 15.3 Å². The van der Waals surface area contributed by atoms with Gasteiger partial charge < -0.3 is 24.8 Å². The van der Waals surface area contributed by atoms with E-state index in [2.05, 4.69) is 20.6 Å². The molecule has 2 aromatic carbocycles. The van der Waals surface area contributed by atoms with Gasteiger partial charge >= 0.3 is 0 Å². The monoisotopic (exact) mass is 480 g/mol. The molecule has 33 heavy (non-hydrogen) atoms. The molecule has 2 aromatic heterocycles. The molecule has 0 saturated heterocycles. The number of carbonyl (C=O) groups excluding carboxylic acids is 1. The van der Waals surface area contributed by atoms with E-state index in [4.69, 9.17) is 26.4 Å². The summed E-state index contributed by atoms with van der Waals surface area (Å²) in [5.74, 6) is 1.92. The van der Waals surface area contributed by atoms with Gasteiger partial charge in [0, 0.05) is 16.6 Å². The van der Waals surface area contributed by atoms with Crippen LogP contribution in [0.3, 0.4) is 0 Å². The van der Waals surface area contributed by atoms with Crippen molar-refractivity contribution in [3.8, 4) is 23.1 Å². The summed E-state index contributed by atoms with van der Waals surface area (Å²) in [7, 11) is 3.13. The zero-order valence-corrected chi connectivity index (χ0v) is 19.5. The summed E-state index contributed by atoms with van der Waals surface area (Å²) in [5.41, 5.74) is 1.38. The van der Waals surface area contributed by atoms with Crippen LogP contribution in [0.15, 0.2) is 60.2 Å². The molecule has 10 heteroatoms. The third kappa shape index (κ3) is 5.54. The Morgan fingerprint density at radius 1 is 1.06 bits per heavy atom. The summed E-state index contributed by atoms with van der Waals surface area (Å²) in [6.45, 7) is 0. The van der Waals surface area contributed by atoms with Crippen LogP contribution in [0.2, 0.25) is 0 Å². The minimum absolute atomic E-state index is 0.169. The number of benzene rings is 2. The van der Waals surface area contributed by atoms with E-state index < -0.39 is 0 Å². The van der Waals surface area contributed by atoms with Gasteiger partial charge in [0.15, 0.2) is 16.6 Å². The third-order valence-electron chi connectivity index (χ3n) is 4.60. The maximum absolute atomic E-state index is 12.1. The first-order valence-corrected chi connectivity index (χ1v) is 11.1. The largest absolute Gasteiger partial charge is 0.493 e. The van der Waals surface area contributed by atoms with Gasteiger partial charge in [-0.3, -0.25) is 4.79 Å². The standard InChI is InChI=1S/C23H20N4O4S2/c1-29-19-11-17-18(12-20(19)30-2)24-13-25-22(17)31-15-7-5-14(6-8-15)26-23(32)27-21(28)10-16-4-3-9-33-16/h3-9,11-13H,10H2,1-2H3,(H2,26,27,28,32). The predicted molar refractivity (Wildman–Crippen MR) is 132 cm³/mol. The molecule has 0 bridgehead atoms. The lowest BCUT2D eigenvalue weighted by molar-refractivity contribution is -0.118. The lowest BCUT2D eigenvalue weighted by atomic mass is 10.2. The van der Waals surface area contributed by atoms with Crippen molar-refractivity contribution < 1.29 is 19.0 Å². The normalized spacial score (nSPS) is 10.5. The van der Waals surface area contributed by atoms with Gasteiger partial charge in [0.05, 0.1) is 31.5 Å². The van der Waals surface area contributed by atoms with Crippen LogP contribution in [0, 0.1) is 0 Å². The molecule has 4 rings (SSSR count). The molecule has 0 atom stereocenters. The number of carbonyl (C=O) groups is 1. The van der Waals surface area contributed by atoms with Gasteiger partial charge in [-0.05, 0) is 54.0 Å². The average molecular weight is 481 g/mol. The molecule has 0 saturated carbocycles. The number of methoxy groups -OCH3 is 2. The number of hydrogen-bond donors (Lipinski definition) is 2. The topological polar surface area (TPSA) is 94.6 Å². The number of amides is 1. The van der Waals surface area contributed by atoms with E-state index in [0.717, 1.165) is 4.88 Å². The van der Waals surface area contributed by atoms with Crippen molar-refractivity contribution in [3.05, 3.63) is 65.1 Å². The molecule has 0 aliphatic heterocycles. The molecule has 2 N–H and O–H groups in total. The molecule has 1 amide bonds. The smallest absolute Gasteiger partial charge is 0.231 e. The highest BCUT2D eigenvalue weighted by Crippen LogP contribution is 2.35. The second kappa shape index (κ2) is 10.2. The molecule has 0 aliphatic carbocycles. The van der Waals surface area contributed by atoms with Gasteiger partial charge in [-0.25, -0.2) is 9.97 Å². The molecule has 4 aromatic rings. The second-order valence-electron chi connectivity index (χ2n) is 6.79. The Hall–Kier alpha value is -3.76. The van der Waals surface area contributed by atoms with Crippen LogP contribution in [0.25, 0.3) is 10.9 Å². The van der Waals surface area contributed by atoms with E-state index in [1.807, 2.05) is 17.5 Å². The van der Waals surface area contributed by atoms with E-state index >= 15 is 0 Å². The minimum Gasteiger partial charge on any atom is -0.493 e. The zero-order chi connectivity index (χ0) is 23.2. The summed E-state index contributed by atoms with van der Waals surface area (Å²) < 4.78 is 16.7. The fourth-order valence-corrected chi connectivity index (χ4v) is 4.00. The van der Waals surface area contributed by atoms with Gasteiger partial charge in [0.1, 0.15) is 12.1 Å². The number of aromatic nitrogens is 2. The summed E-state index contributed by atoms with van der Waals surface area (Å²) in [6.07, 6.45) is 1.71. The van der Waals surface area contributed by atoms with Gasteiger partial charge in [-0.2, -0.15) is 0 Å². The van der Waals surface area contributed by atoms with E-state index in [0.29, 0.717) is 39.7 Å². The Morgan fingerprint density at radius 2 is 1.82 bits per heavy atom. The Bertz CT molecular complexity index is 1280. The summed E-state index contributed by atoms with van der Waals surface area (Å²) >= 11 is 6.76. The predicted octanol–water partition coefficient (Wildman–Crippen LogP) is 4.56. The van der Waals surface area contributed by atoms with Crippen molar-refractivity contribution >= 4 is 51.2 Å². The Balaban J connectivity index is 1.42. The number of fused-ring (bicyclic) bond motifs is 1. The number of thiocarbonyl (C=S) groups is 1. The third-order valence-corrected chi connectivity index (χ3v) is 5.68. The van der Waals surface area contributed by atoms with Crippen LogP contribution in [-0.2, 0) is 11.2 Å². The van der Waals surface area contributed by atoms with E-state index in [1.165, 1.54) is 17.7 Å². The van der Waals surface area contributed by atoms with Crippen LogP contribution in [-0.4, -0.2) is 35.2 Å². The molecule has 0 fully saturated rings. The van der Waals surface area contributed by atoms with E-state index in [1.54, 1.807) is 50.6 Å². The van der Waals surface area contributed by atoms with Gasteiger partial charge in [0.25, 0.3) is 0 Å². The first-order chi connectivity index (χ1) is 16.1. The fourth-order valence-electron chi connectivity index (χ4n) is 3.06. The molecule has 0 aliphatic rings. The van der Waals surface area contributed by atoms with E-state index in [-0.39, 0.29) is 17.4 Å². The van der Waals surface area contributed by atoms with Crippen molar-refractivity contribution in [3.63, 3.8) is 0 Å². The minimum atomic E-state index is -0.169. The quantitative estimate of drug-likeness (QED) is 0.372. The van der Waals surface area contributed by atoms with Crippen molar-refractivity contribution in [2.24, 2.45) is 0 Å². The summed E-state index contributed by atoms with van der Waals surface area (Å²) in [4.78, 5) is 21.6. The molecule has 168 valence electrons. The first kappa shape index (κ1) is 22.4. The number of anilines is 1. The first-order valence-electron chi connectivity index (χ1n) is 9.83. The highest BCUT2D eigenvalue weighted by atomic mass is 32.1. The molecule has 0 spiro atoms. The number of hydrogen-bond acceptors (Lipinski definition) is 8. The number of rotatable bonds is 7. The zero-order valence-electron chi connectivity index (χ0n) is 17.8. The van der Waals surface area contributed by atoms with Gasteiger partial charge in [-0.1, -0.05) is 6.07 Å². The van der Waals surface area contributed by atoms with Crippen LogP contribution in [0.1, 0.15) is 4.88 Å². The van der Waals surface area contributed by atoms with Crippen LogP contribution < -0.4 is 24.8 Å². The van der Waals surface area contributed by atoms with E-state index in [9.17, 15) is 4.79 Å². The van der Waals surface area contributed by atoms with Crippen LogP contribution >= 0.6 is 23.6 Å². The highest BCUT2D eigenvalue weighted by molar-refractivity contribution is 7.80. The Morgan fingerprint density at radius 3 is 2.52 bits per heavy atom. The van der Waals surface area contributed by atoms with Crippen LogP contribution in [0.5, 0.6) is 23.1 Å². The lowest BCUT2D eigenvalue weighted by Gasteiger charge is -2.12. The highest BCUT2D eigenvalue weighted by Gasteiger charge is 2.13. The molecular weight excluding hydrogens is 460 g/mol. The Labute approximate surface area is 199 Å². The SMILES string of the molecule is COc1cc2ncnc(Oc3ccc(NC(=S)NC(=O)Cc4cccs4)cc3)c2cc1OC. The van der Waals surface area contributed by atoms with Gasteiger partial charge in [-0.15, -0.1) is 11.3 Å².